The van der Waals surface area contributed by atoms with Gasteiger partial charge in [-0.1, -0.05) is 12.1 Å². The number of carbonyl (C=O) groups is 2. The summed E-state index contributed by atoms with van der Waals surface area (Å²) in [5.41, 5.74) is 5.06. The van der Waals surface area contributed by atoms with E-state index in [9.17, 15) is 9.59 Å². The minimum absolute atomic E-state index is 0.0316. The predicted molar refractivity (Wildman–Crippen MR) is 110 cm³/mol. The van der Waals surface area contributed by atoms with E-state index in [1.54, 1.807) is 10.9 Å². The first-order valence-electron chi connectivity index (χ1n) is 10.4. The minimum atomic E-state index is -0.752. The van der Waals surface area contributed by atoms with Crippen LogP contribution in [0.25, 0.3) is 4.85 Å². The van der Waals surface area contributed by atoms with Crippen molar-refractivity contribution in [2.75, 3.05) is 11.9 Å². The molecule has 2 amide bonds. The van der Waals surface area contributed by atoms with Gasteiger partial charge in [-0.05, 0) is 37.8 Å². The SMILES string of the molecule is [C-]#[N+]CC1(n2cc(C(N)=O)c(NC(=O)C3CC3)n2)CCC2(CC1)Oc1ccccc1O2. The fourth-order valence-corrected chi connectivity index (χ4v) is 4.40. The number of aromatic nitrogens is 2. The molecule has 2 heterocycles. The molecule has 0 saturated heterocycles. The maximum atomic E-state index is 12.2. The average molecular weight is 421 g/mol. The highest BCUT2D eigenvalue weighted by Crippen LogP contribution is 2.49. The van der Waals surface area contributed by atoms with Crippen molar-refractivity contribution in [3.8, 4) is 11.5 Å². The summed E-state index contributed by atoms with van der Waals surface area (Å²) < 4.78 is 13.9. The molecule has 1 aromatic heterocycles. The van der Waals surface area contributed by atoms with Gasteiger partial charge in [0.1, 0.15) is 11.1 Å². The molecule has 1 aliphatic heterocycles. The zero-order valence-corrected chi connectivity index (χ0v) is 17.0. The van der Waals surface area contributed by atoms with Crippen molar-refractivity contribution in [2.24, 2.45) is 11.7 Å². The molecule has 2 aromatic rings. The van der Waals surface area contributed by atoms with Gasteiger partial charge < -0.3 is 25.4 Å². The van der Waals surface area contributed by atoms with Gasteiger partial charge in [-0.25, -0.2) is 6.57 Å². The van der Waals surface area contributed by atoms with Crippen LogP contribution in [0.15, 0.2) is 30.5 Å². The summed E-state index contributed by atoms with van der Waals surface area (Å²) in [6.07, 6.45) is 5.49. The number of anilines is 1. The molecule has 31 heavy (non-hydrogen) atoms. The normalized spacial score (nSPS) is 20.2. The number of carbonyl (C=O) groups excluding carboxylic acids is 2. The van der Waals surface area contributed by atoms with Crippen LogP contribution in [0.1, 0.15) is 48.9 Å². The van der Waals surface area contributed by atoms with E-state index in [1.807, 2.05) is 24.3 Å². The Morgan fingerprint density at radius 3 is 2.39 bits per heavy atom. The Morgan fingerprint density at radius 2 is 1.84 bits per heavy atom. The maximum absolute atomic E-state index is 12.2. The smallest absolute Gasteiger partial charge is 0.254 e. The molecule has 160 valence electrons. The van der Waals surface area contributed by atoms with Crippen molar-refractivity contribution in [3.63, 3.8) is 0 Å². The summed E-state index contributed by atoms with van der Waals surface area (Å²) in [6.45, 7) is 7.69. The molecule has 3 N–H and O–H groups in total. The van der Waals surface area contributed by atoms with Gasteiger partial charge in [0.15, 0.2) is 17.3 Å². The van der Waals surface area contributed by atoms with Gasteiger partial charge in [0.2, 0.25) is 12.5 Å². The fourth-order valence-electron chi connectivity index (χ4n) is 4.40. The van der Waals surface area contributed by atoms with Crippen molar-refractivity contribution < 1.29 is 19.1 Å². The van der Waals surface area contributed by atoms with E-state index in [4.69, 9.17) is 21.8 Å². The first kappa shape index (κ1) is 19.4. The molecule has 0 atom stereocenters. The Bertz CT molecular complexity index is 1060. The first-order chi connectivity index (χ1) is 14.9. The Balaban J connectivity index is 1.41. The van der Waals surface area contributed by atoms with Gasteiger partial charge in [-0.15, -0.1) is 0 Å². The Morgan fingerprint density at radius 1 is 1.19 bits per heavy atom. The van der Waals surface area contributed by atoms with Crippen LogP contribution in [-0.4, -0.2) is 33.9 Å². The van der Waals surface area contributed by atoms with Gasteiger partial charge in [0.25, 0.3) is 11.7 Å². The van der Waals surface area contributed by atoms with E-state index in [2.05, 4.69) is 15.3 Å². The van der Waals surface area contributed by atoms with Crippen LogP contribution in [0, 0.1) is 12.5 Å². The zero-order chi connectivity index (χ0) is 21.6. The maximum Gasteiger partial charge on any atom is 0.254 e. The summed E-state index contributed by atoms with van der Waals surface area (Å²) in [6, 6.07) is 7.57. The molecule has 1 spiro atoms. The Labute approximate surface area is 179 Å². The molecule has 9 heteroatoms. The van der Waals surface area contributed by atoms with Crippen molar-refractivity contribution in [1.82, 2.24) is 9.78 Å². The van der Waals surface area contributed by atoms with Crippen molar-refractivity contribution in [2.45, 2.75) is 49.9 Å². The molecule has 0 unspecified atom stereocenters. The van der Waals surface area contributed by atoms with E-state index in [1.165, 1.54) is 0 Å². The molecular weight excluding hydrogens is 398 g/mol. The van der Waals surface area contributed by atoms with Crippen LogP contribution >= 0.6 is 0 Å². The lowest BCUT2D eigenvalue weighted by molar-refractivity contribution is -0.124. The summed E-state index contributed by atoms with van der Waals surface area (Å²) in [4.78, 5) is 27.9. The Hall–Kier alpha value is -3.54. The number of nitrogens with two attached hydrogens (primary N) is 1. The van der Waals surface area contributed by atoms with Crippen LogP contribution in [0.3, 0.4) is 0 Å². The summed E-state index contributed by atoms with van der Waals surface area (Å²) in [5, 5.41) is 7.24. The number of hydrogen-bond donors (Lipinski definition) is 2. The molecule has 2 saturated carbocycles. The summed E-state index contributed by atoms with van der Waals surface area (Å²) >= 11 is 0. The van der Waals surface area contributed by atoms with E-state index in [0.29, 0.717) is 25.7 Å². The lowest BCUT2D eigenvalue weighted by Crippen LogP contribution is -2.50. The highest BCUT2D eigenvalue weighted by atomic mass is 16.7. The molecule has 3 aliphatic rings. The number of fused-ring (bicyclic) bond motifs is 1. The summed E-state index contributed by atoms with van der Waals surface area (Å²) in [7, 11) is 0. The number of primary amides is 1. The molecule has 1 aromatic carbocycles. The topological polar surface area (TPSA) is 113 Å². The number of nitrogens with one attached hydrogen (secondary N) is 1. The highest BCUT2D eigenvalue weighted by Gasteiger charge is 2.52. The number of nitrogens with zero attached hydrogens (tertiary/aromatic N) is 3. The van der Waals surface area contributed by atoms with Gasteiger partial charge in [0.05, 0.1) is 0 Å². The van der Waals surface area contributed by atoms with Crippen molar-refractivity contribution >= 4 is 17.6 Å². The standard InChI is InChI=1S/C22H23N5O4/c1-24-13-21(8-10-22(11-9-21)30-16-4-2-3-5-17(16)31-22)27-12-15(18(23)28)19(26-27)25-20(29)14-6-7-14/h2-5,12,14H,6-11,13H2,(H2,23,28)(H,25,26,29). The number of hydrogen-bond acceptors (Lipinski definition) is 5. The van der Waals surface area contributed by atoms with Crippen LogP contribution in [0.4, 0.5) is 5.82 Å². The molecule has 5 rings (SSSR count). The van der Waals surface area contributed by atoms with Crippen LogP contribution in [0.5, 0.6) is 11.5 Å². The lowest BCUT2D eigenvalue weighted by atomic mass is 9.78. The highest BCUT2D eigenvalue weighted by molar-refractivity contribution is 6.02. The quantitative estimate of drug-likeness (QED) is 0.721. The summed E-state index contributed by atoms with van der Waals surface area (Å²) in [5.74, 6) is 0.00443. The molecular formula is C22H23N5O4. The molecule has 0 bridgehead atoms. The van der Waals surface area contributed by atoms with Crippen molar-refractivity contribution in [1.29, 1.82) is 0 Å². The van der Waals surface area contributed by atoms with Gasteiger partial charge in [-0.2, -0.15) is 5.10 Å². The van der Waals surface area contributed by atoms with E-state index in [0.717, 1.165) is 24.3 Å². The molecule has 2 aliphatic carbocycles. The van der Waals surface area contributed by atoms with E-state index in [-0.39, 0.29) is 29.8 Å². The second-order valence-corrected chi connectivity index (χ2v) is 8.57. The van der Waals surface area contributed by atoms with Crippen LogP contribution in [-0.2, 0) is 10.3 Å². The number of amides is 2. The number of para-hydroxylation sites is 2. The first-order valence-corrected chi connectivity index (χ1v) is 10.4. The molecule has 0 radical (unpaired) electrons. The number of benzene rings is 1. The second kappa shape index (κ2) is 7.01. The predicted octanol–water partition coefficient (Wildman–Crippen LogP) is 2.69. The minimum Gasteiger partial charge on any atom is -0.448 e. The van der Waals surface area contributed by atoms with Crippen molar-refractivity contribution in [3.05, 3.63) is 47.4 Å². The zero-order valence-electron chi connectivity index (χ0n) is 17.0. The molecule has 9 nitrogen and oxygen atoms in total. The number of rotatable bonds is 5. The van der Waals surface area contributed by atoms with E-state index < -0.39 is 17.2 Å². The average Bonchev–Trinajstić information content (AvgIpc) is 3.42. The van der Waals surface area contributed by atoms with Gasteiger partial charge in [-0.3, -0.25) is 14.3 Å². The van der Waals surface area contributed by atoms with Crippen LogP contribution < -0.4 is 20.5 Å². The lowest BCUT2D eigenvalue weighted by Gasteiger charge is -2.40. The second-order valence-electron chi connectivity index (χ2n) is 8.57. The van der Waals surface area contributed by atoms with Gasteiger partial charge >= 0.3 is 0 Å². The third-order valence-electron chi connectivity index (χ3n) is 6.41. The number of ether oxygens (including phenoxy) is 2. The Kier molecular flexibility index (Phi) is 4.39. The largest absolute Gasteiger partial charge is 0.448 e. The van der Waals surface area contributed by atoms with E-state index >= 15 is 0 Å². The fraction of sp³-hybridized carbons (Fsp3) is 0.455. The van der Waals surface area contributed by atoms with Gasteiger partial charge in [0, 0.05) is 25.0 Å². The molecule has 2 fully saturated rings. The monoisotopic (exact) mass is 421 g/mol. The third kappa shape index (κ3) is 3.38. The third-order valence-corrected chi connectivity index (χ3v) is 6.41. The van der Waals surface area contributed by atoms with Crippen LogP contribution in [0.2, 0.25) is 0 Å².